The molecule has 6 aromatic rings. The van der Waals surface area contributed by atoms with Gasteiger partial charge in [-0.1, -0.05) is 12.1 Å². The van der Waals surface area contributed by atoms with Crippen LogP contribution in [0, 0.1) is 0 Å². The number of hydrogen-bond donors (Lipinski definition) is 1. The van der Waals surface area contributed by atoms with Gasteiger partial charge in [-0.2, -0.15) is 0 Å². The van der Waals surface area contributed by atoms with E-state index >= 15 is 0 Å². The largest absolute Gasteiger partial charge is 0.573 e. The monoisotopic (exact) mass is 571 g/mol. The lowest BCUT2D eigenvalue weighted by molar-refractivity contribution is -0.274. The number of pyridine rings is 3. The third-order valence-corrected chi connectivity index (χ3v) is 6.41. The summed E-state index contributed by atoms with van der Waals surface area (Å²) in [7, 11) is 1.88. The zero-order valence-corrected chi connectivity index (χ0v) is 21.8. The molecule has 12 heteroatoms. The highest BCUT2D eigenvalue weighted by Crippen LogP contribution is 2.31. The van der Waals surface area contributed by atoms with Crippen LogP contribution in [0.15, 0.2) is 102 Å². The first-order chi connectivity index (χ1) is 20.2. The number of rotatable bonds is 6. The van der Waals surface area contributed by atoms with Gasteiger partial charge in [-0.3, -0.25) is 14.2 Å². The van der Waals surface area contributed by atoms with Crippen LogP contribution >= 0.6 is 0 Å². The van der Waals surface area contributed by atoms with Crippen molar-refractivity contribution in [1.29, 1.82) is 0 Å². The van der Waals surface area contributed by atoms with Gasteiger partial charge in [0.2, 0.25) is 0 Å². The zero-order chi connectivity index (χ0) is 29.4. The van der Waals surface area contributed by atoms with Crippen LogP contribution in [-0.4, -0.2) is 31.4 Å². The van der Waals surface area contributed by atoms with Crippen LogP contribution in [0.25, 0.3) is 27.8 Å². The number of carbonyl (C=O) groups is 1. The molecule has 210 valence electrons. The van der Waals surface area contributed by atoms with E-state index in [2.05, 4.69) is 20.0 Å². The molecule has 0 spiro atoms. The third kappa shape index (κ3) is 5.12. The second-order valence-corrected chi connectivity index (χ2v) is 9.18. The number of hydrogen-bond acceptors (Lipinski definition) is 6. The minimum Gasteiger partial charge on any atom is -0.457 e. The molecule has 0 saturated heterocycles. The number of benzene rings is 2. The molecule has 2 aromatic carbocycles. The Morgan fingerprint density at radius 3 is 2.43 bits per heavy atom. The quantitative estimate of drug-likeness (QED) is 0.255. The van der Waals surface area contributed by atoms with Crippen LogP contribution in [0.2, 0.25) is 0 Å². The number of amides is 1. The van der Waals surface area contributed by atoms with Crippen molar-refractivity contribution in [3.63, 3.8) is 0 Å². The van der Waals surface area contributed by atoms with Gasteiger partial charge in [-0.15, -0.1) is 13.2 Å². The first kappa shape index (κ1) is 26.6. The van der Waals surface area contributed by atoms with E-state index in [9.17, 15) is 22.8 Å². The molecule has 6 rings (SSSR count). The first-order valence-electron chi connectivity index (χ1n) is 12.5. The smallest absolute Gasteiger partial charge is 0.457 e. The Labute approximate surface area is 235 Å². The third-order valence-electron chi connectivity index (χ3n) is 6.41. The van der Waals surface area contributed by atoms with Crippen molar-refractivity contribution in [3.8, 4) is 22.9 Å². The van der Waals surface area contributed by atoms with Gasteiger partial charge in [0.05, 0.1) is 11.1 Å². The van der Waals surface area contributed by atoms with Gasteiger partial charge in [0, 0.05) is 36.7 Å². The lowest BCUT2D eigenvalue weighted by Crippen LogP contribution is -2.29. The Kier molecular flexibility index (Phi) is 6.57. The Morgan fingerprint density at radius 1 is 0.881 bits per heavy atom. The van der Waals surface area contributed by atoms with E-state index in [-0.39, 0.29) is 16.9 Å². The van der Waals surface area contributed by atoms with Crippen molar-refractivity contribution in [2.75, 3.05) is 5.32 Å². The maximum absolute atomic E-state index is 13.6. The van der Waals surface area contributed by atoms with E-state index in [1.165, 1.54) is 30.5 Å². The molecule has 4 aromatic heterocycles. The Bertz CT molecular complexity index is 2020. The van der Waals surface area contributed by atoms with E-state index < -0.39 is 23.6 Å². The number of para-hydroxylation sites is 2. The standard InChI is InChI=1S/C30H20F3N5O4/c1-37-16-13-21-24(12-15-35-27(21)37)41-20-10-8-19(9-11-20)36-28(39)22-17-18-5-4-14-34-26(18)38(29(22)40)23-6-2-3-7-25(23)42-30(31,32)33/h2-17H,1H3,(H,36,39). The SMILES string of the molecule is Cn1ccc2c(Oc3ccc(NC(=O)c4cc5cccnc5n(-c5ccccc5OC(F)(F)F)c4=O)cc3)ccnc21. The predicted molar refractivity (Wildman–Crippen MR) is 149 cm³/mol. The molecule has 4 heterocycles. The predicted octanol–water partition coefficient (Wildman–Crippen LogP) is 6.22. The number of nitrogens with one attached hydrogen (secondary N) is 1. The number of alkyl halides is 3. The molecule has 0 atom stereocenters. The number of aryl methyl sites for hydroxylation is 1. The van der Waals surface area contributed by atoms with Gasteiger partial charge in [-0.05, 0) is 66.7 Å². The van der Waals surface area contributed by atoms with Crippen molar-refractivity contribution < 1.29 is 27.4 Å². The van der Waals surface area contributed by atoms with Gasteiger partial charge in [-0.25, -0.2) is 9.97 Å². The Hall–Kier alpha value is -5.65. The molecule has 0 radical (unpaired) electrons. The van der Waals surface area contributed by atoms with Crippen LogP contribution in [-0.2, 0) is 7.05 Å². The van der Waals surface area contributed by atoms with E-state index in [0.717, 1.165) is 21.7 Å². The summed E-state index contributed by atoms with van der Waals surface area (Å²) in [5.41, 5.74) is -0.210. The van der Waals surface area contributed by atoms with Crippen molar-refractivity contribution in [2.45, 2.75) is 6.36 Å². The van der Waals surface area contributed by atoms with Gasteiger partial charge >= 0.3 is 6.36 Å². The van der Waals surface area contributed by atoms with Crippen molar-refractivity contribution in [3.05, 3.63) is 113 Å². The lowest BCUT2D eigenvalue weighted by atomic mass is 10.1. The molecule has 0 saturated carbocycles. The molecule has 0 aliphatic carbocycles. The summed E-state index contributed by atoms with van der Waals surface area (Å²) in [5, 5.41) is 3.86. The fourth-order valence-corrected chi connectivity index (χ4v) is 4.54. The first-order valence-corrected chi connectivity index (χ1v) is 12.5. The van der Waals surface area contributed by atoms with E-state index in [1.54, 1.807) is 48.7 Å². The molecule has 0 unspecified atom stereocenters. The van der Waals surface area contributed by atoms with Crippen LogP contribution in [0.4, 0.5) is 18.9 Å². The fourth-order valence-electron chi connectivity index (χ4n) is 4.54. The van der Waals surface area contributed by atoms with Crippen LogP contribution in [0.1, 0.15) is 10.4 Å². The average molecular weight is 572 g/mol. The van der Waals surface area contributed by atoms with E-state index in [1.807, 2.05) is 23.9 Å². The van der Waals surface area contributed by atoms with Gasteiger partial charge in [0.25, 0.3) is 11.5 Å². The van der Waals surface area contributed by atoms with Gasteiger partial charge in [0.15, 0.2) is 5.75 Å². The maximum Gasteiger partial charge on any atom is 0.573 e. The summed E-state index contributed by atoms with van der Waals surface area (Å²) >= 11 is 0. The summed E-state index contributed by atoms with van der Waals surface area (Å²) in [6.07, 6.45) is -0.0877. The Balaban J connectivity index is 1.31. The highest BCUT2D eigenvalue weighted by molar-refractivity contribution is 6.05. The zero-order valence-electron chi connectivity index (χ0n) is 21.8. The maximum atomic E-state index is 13.6. The average Bonchev–Trinajstić information content (AvgIpc) is 3.35. The summed E-state index contributed by atoms with van der Waals surface area (Å²) in [6.45, 7) is 0. The summed E-state index contributed by atoms with van der Waals surface area (Å²) < 4.78 is 52.3. The molecular formula is C30H20F3N5O4. The second kappa shape index (κ2) is 10.4. The molecule has 1 amide bonds. The highest BCUT2D eigenvalue weighted by atomic mass is 19.4. The van der Waals surface area contributed by atoms with Gasteiger partial charge < -0.3 is 19.4 Å². The summed E-state index contributed by atoms with van der Waals surface area (Å²) in [5.74, 6) is -0.265. The highest BCUT2D eigenvalue weighted by Gasteiger charge is 2.33. The number of ether oxygens (including phenoxy) is 2. The molecule has 1 N–H and O–H groups in total. The van der Waals surface area contributed by atoms with Crippen LogP contribution in [0.3, 0.4) is 0 Å². The van der Waals surface area contributed by atoms with E-state index in [0.29, 0.717) is 22.6 Å². The van der Waals surface area contributed by atoms with Crippen LogP contribution < -0.4 is 20.3 Å². The number of halogens is 3. The van der Waals surface area contributed by atoms with Crippen LogP contribution in [0.5, 0.6) is 17.2 Å². The summed E-state index contributed by atoms with van der Waals surface area (Å²) in [6, 6.07) is 19.8. The molecule has 0 bridgehead atoms. The molecular weight excluding hydrogens is 551 g/mol. The normalized spacial score (nSPS) is 11.5. The topological polar surface area (TPSA) is 100 Å². The molecule has 0 aliphatic rings. The number of aromatic nitrogens is 4. The molecule has 0 fully saturated rings. The van der Waals surface area contributed by atoms with Crippen molar-refractivity contribution >= 4 is 33.7 Å². The van der Waals surface area contributed by atoms with E-state index in [4.69, 9.17) is 4.74 Å². The molecule has 0 aliphatic heterocycles. The number of fused-ring (bicyclic) bond motifs is 2. The lowest BCUT2D eigenvalue weighted by Gasteiger charge is -2.17. The van der Waals surface area contributed by atoms with Gasteiger partial charge in [0.1, 0.15) is 28.4 Å². The second-order valence-electron chi connectivity index (χ2n) is 9.18. The fraction of sp³-hybridized carbons (Fsp3) is 0.0667. The minimum absolute atomic E-state index is 0.0578. The minimum atomic E-state index is -5.00. The molecule has 9 nitrogen and oxygen atoms in total. The van der Waals surface area contributed by atoms with Crippen molar-refractivity contribution in [1.82, 2.24) is 19.1 Å². The Morgan fingerprint density at radius 2 is 1.64 bits per heavy atom. The van der Waals surface area contributed by atoms with Crippen molar-refractivity contribution in [2.24, 2.45) is 7.05 Å². The number of carbonyl (C=O) groups excluding carboxylic acids is 1. The number of anilines is 1. The number of nitrogens with zero attached hydrogens (tertiary/aromatic N) is 4. The molecule has 42 heavy (non-hydrogen) atoms. The summed E-state index contributed by atoms with van der Waals surface area (Å²) in [4.78, 5) is 35.4.